The molecule has 0 aliphatic heterocycles. The highest BCUT2D eigenvalue weighted by Gasteiger charge is 2.20. The molecule has 4 rings (SSSR count). The Morgan fingerprint density at radius 3 is 2.00 bits per heavy atom. The van der Waals surface area contributed by atoms with Gasteiger partial charge < -0.3 is 0 Å². The van der Waals surface area contributed by atoms with E-state index in [9.17, 15) is 8.78 Å². The van der Waals surface area contributed by atoms with Crippen LogP contribution in [0.15, 0.2) is 29.6 Å². The lowest BCUT2D eigenvalue weighted by molar-refractivity contribution is 0.628. The van der Waals surface area contributed by atoms with Crippen LogP contribution < -0.4 is 0 Å². The average Bonchev–Trinajstić information content (AvgIpc) is 3.17. The number of benzene rings is 2. The Labute approximate surface area is 169 Å². The second-order valence-electron chi connectivity index (χ2n) is 5.25. The van der Waals surface area contributed by atoms with E-state index in [1.54, 1.807) is 9.78 Å². The van der Waals surface area contributed by atoms with Gasteiger partial charge in [0.1, 0.15) is 11.6 Å². The highest BCUT2D eigenvalue weighted by Crippen LogP contribution is 2.38. The molecule has 0 unspecified atom stereocenters. The number of fused-ring (bicyclic) bond motifs is 1. The van der Waals surface area contributed by atoms with Crippen molar-refractivity contribution in [1.82, 2.24) is 14.6 Å². The van der Waals surface area contributed by atoms with Crippen molar-refractivity contribution < 1.29 is 8.78 Å². The summed E-state index contributed by atoms with van der Waals surface area (Å²) in [6.45, 7) is 0. The zero-order valence-electron chi connectivity index (χ0n) is 12.4. The third-order valence-electron chi connectivity index (χ3n) is 3.69. The topological polar surface area (TPSA) is 30.2 Å². The number of halogens is 6. The van der Waals surface area contributed by atoms with Crippen molar-refractivity contribution in [3.63, 3.8) is 0 Å². The zero-order valence-corrected chi connectivity index (χ0v) is 16.2. The molecule has 0 radical (unpaired) electrons. The number of thiazole rings is 1. The Kier molecular flexibility index (Phi) is 4.57. The van der Waals surface area contributed by atoms with Crippen LogP contribution in [0.25, 0.3) is 27.6 Å². The lowest BCUT2D eigenvalue weighted by Gasteiger charge is -2.08. The first-order valence-corrected chi connectivity index (χ1v) is 9.38. The fourth-order valence-corrected chi connectivity index (χ4v) is 4.27. The third kappa shape index (κ3) is 2.86. The molecule has 4 aromatic rings. The van der Waals surface area contributed by atoms with Gasteiger partial charge in [-0.25, -0.2) is 8.78 Å². The van der Waals surface area contributed by atoms with Crippen LogP contribution in [0.4, 0.5) is 8.78 Å². The van der Waals surface area contributed by atoms with Crippen LogP contribution in [0.1, 0.15) is 0 Å². The smallest absolute Gasteiger partial charge is 0.216 e. The molecule has 0 atom stereocenters. The van der Waals surface area contributed by atoms with E-state index in [0.717, 1.165) is 0 Å². The van der Waals surface area contributed by atoms with Gasteiger partial charge in [0.25, 0.3) is 0 Å². The predicted molar refractivity (Wildman–Crippen MR) is 102 cm³/mol. The van der Waals surface area contributed by atoms with Gasteiger partial charge in [-0.15, -0.1) is 21.5 Å². The van der Waals surface area contributed by atoms with E-state index in [4.69, 9.17) is 46.4 Å². The van der Waals surface area contributed by atoms with E-state index in [2.05, 4.69) is 10.2 Å². The van der Waals surface area contributed by atoms with Crippen LogP contribution in [0.2, 0.25) is 20.1 Å². The molecule has 0 saturated heterocycles. The van der Waals surface area contributed by atoms with E-state index in [1.165, 1.54) is 35.6 Å². The molecule has 0 N–H and O–H groups in total. The number of nitrogens with zero attached hydrogens (tertiary/aromatic N) is 3. The van der Waals surface area contributed by atoms with E-state index in [1.807, 2.05) is 0 Å². The molecule has 0 amide bonds. The summed E-state index contributed by atoms with van der Waals surface area (Å²) in [5, 5.41) is 10.1. The molecule has 10 heteroatoms. The Hall–Kier alpha value is -1.44. The van der Waals surface area contributed by atoms with E-state index in [-0.39, 0.29) is 25.9 Å². The van der Waals surface area contributed by atoms with Crippen molar-refractivity contribution >= 4 is 62.7 Å². The first-order valence-electron chi connectivity index (χ1n) is 6.99. The van der Waals surface area contributed by atoms with E-state index < -0.39 is 11.6 Å². The van der Waals surface area contributed by atoms with Crippen molar-refractivity contribution in [1.29, 1.82) is 0 Å². The molecular formula is C16H5Cl4F2N3S. The fraction of sp³-hybridized carbons (Fsp3) is 0. The third-order valence-corrected chi connectivity index (χ3v) is 5.71. The summed E-state index contributed by atoms with van der Waals surface area (Å²) in [5.74, 6) is -0.978. The number of hydrogen-bond acceptors (Lipinski definition) is 3. The quantitative estimate of drug-likeness (QED) is 0.307. The van der Waals surface area contributed by atoms with Gasteiger partial charge in [-0.05, 0) is 24.3 Å². The Morgan fingerprint density at radius 1 is 0.769 bits per heavy atom. The predicted octanol–water partition coefficient (Wildman–Crippen LogP) is 7.02. The summed E-state index contributed by atoms with van der Waals surface area (Å²) in [5.41, 5.74) is 1.22. The highest BCUT2D eigenvalue weighted by molar-refractivity contribution is 7.15. The van der Waals surface area contributed by atoms with Gasteiger partial charge in [0.15, 0.2) is 5.82 Å². The molecule has 0 fully saturated rings. The van der Waals surface area contributed by atoms with Gasteiger partial charge in [-0.3, -0.25) is 4.40 Å². The molecule has 3 nitrogen and oxygen atoms in total. The molecular weight excluding hydrogens is 446 g/mol. The first-order chi connectivity index (χ1) is 12.4. The summed E-state index contributed by atoms with van der Waals surface area (Å²) in [6.07, 6.45) is 0. The molecule has 2 heterocycles. The van der Waals surface area contributed by atoms with Crippen molar-refractivity contribution in [2.24, 2.45) is 0 Å². The molecule has 132 valence electrons. The molecule has 26 heavy (non-hydrogen) atoms. The maximum Gasteiger partial charge on any atom is 0.216 e. The zero-order chi connectivity index (χ0) is 18.6. The van der Waals surface area contributed by atoms with Crippen molar-refractivity contribution in [2.45, 2.75) is 0 Å². The summed E-state index contributed by atoms with van der Waals surface area (Å²) < 4.78 is 29.5. The average molecular weight is 451 g/mol. The lowest BCUT2D eigenvalue weighted by atomic mass is 10.1. The van der Waals surface area contributed by atoms with Crippen LogP contribution in [-0.4, -0.2) is 14.6 Å². The van der Waals surface area contributed by atoms with Gasteiger partial charge in [-0.2, -0.15) is 0 Å². The van der Waals surface area contributed by atoms with Gasteiger partial charge in [0.2, 0.25) is 4.96 Å². The Balaban J connectivity index is 2.00. The SMILES string of the molecule is Fc1cc(-c2csc3nnc(-c4cc(F)c(Cl)cc4Cl)n23)c(Cl)cc1Cl. The van der Waals surface area contributed by atoms with Gasteiger partial charge in [0, 0.05) is 16.5 Å². The van der Waals surface area contributed by atoms with Crippen LogP contribution in [0.3, 0.4) is 0 Å². The maximum absolute atomic E-state index is 13.9. The van der Waals surface area contributed by atoms with Crippen LogP contribution >= 0.6 is 57.7 Å². The molecule has 0 saturated carbocycles. The van der Waals surface area contributed by atoms with Crippen molar-refractivity contribution in [2.75, 3.05) is 0 Å². The monoisotopic (exact) mass is 449 g/mol. The Morgan fingerprint density at radius 2 is 1.35 bits per heavy atom. The number of aromatic nitrogens is 3. The fourth-order valence-electron chi connectivity index (χ4n) is 2.50. The summed E-state index contributed by atoms with van der Waals surface area (Å²) in [4.78, 5) is 0.507. The lowest BCUT2D eigenvalue weighted by Crippen LogP contribution is -1.94. The molecule has 0 spiro atoms. The van der Waals surface area contributed by atoms with Crippen molar-refractivity contribution in [3.05, 3.63) is 61.4 Å². The molecule has 0 aliphatic rings. The van der Waals surface area contributed by atoms with Crippen LogP contribution in [0, 0.1) is 11.6 Å². The summed E-state index contributed by atoms with van der Waals surface area (Å²) in [6, 6.07) is 5.00. The first kappa shape index (κ1) is 17.9. The minimum Gasteiger partial charge on any atom is -0.265 e. The van der Waals surface area contributed by atoms with E-state index >= 15 is 0 Å². The van der Waals surface area contributed by atoms with Gasteiger partial charge in [0.05, 0.1) is 25.8 Å². The highest BCUT2D eigenvalue weighted by atomic mass is 35.5. The number of hydrogen-bond donors (Lipinski definition) is 0. The largest absolute Gasteiger partial charge is 0.265 e. The second kappa shape index (κ2) is 6.62. The second-order valence-corrected chi connectivity index (χ2v) is 7.72. The summed E-state index contributed by atoms with van der Waals surface area (Å²) in [7, 11) is 0. The van der Waals surface area contributed by atoms with Crippen molar-refractivity contribution in [3.8, 4) is 22.6 Å². The molecule has 2 aromatic carbocycles. The maximum atomic E-state index is 13.9. The molecule has 0 aliphatic carbocycles. The van der Waals surface area contributed by atoms with Gasteiger partial charge in [-0.1, -0.05) is 46.4 Å². The van der Waals surface area contributed by atoms with Crippen LogP contribution in [0.5, 0.6) is 0 Å². The van der Waals surface area contributed by atoms with Crippen LogP contribution in [-0.2, 0) is 0 Å². The molecule has 0 bridgehead atoms. The van der Waals surface area contributed by atoms with E-state index in [0.29, 0.717) is 21.8 Å². The summed E-state index contributed by atoms with van der Waals surface area (Å²) >= 11 is 25.2. The normalized spacial score (nSPS) is 11.5. The van der Waals surface area contributed by atoms with Gasteiger partial charge >= 0.3 is 0 Å². The minimum atomic E-state index is -0.643. The number of rotatable bonds is 2. The standard InChI is InChI=1S/C16H5Cl4F2N3S/c17-8-3-10(19)12(21)1-6(8)14-5-26-16-24-23-15(25(14)16)7-2-13(22)11(20)4-9(7)18/h1-5H. The minimum absolute atomic E-state index is 0.0861. The Bertz CT molecular complexity index is 1090. The molecule has 2 aromatic heterocycles.